The first-order valence-corrected chi connectivity index (χ1v) is 15.7. The van der Waals surface area contributed by atoms with Crippen molar-refractivity contribution in [3.63, 3.8) is 0 Å². The Kier molecular flexibility index (Phi) is 13.1. The standard InChI is InChI=1S/C36H44N2O6S/c1-39-31-13-9-29(21-27(31)23-37-17-15-25-7-11-33(41-3)35(19-25)43-5)45-30-10-14-32(40-2)28(22-30)24-38-18-16-26-8-12-34(42-4)36(20-26)44-6/h7-14,19-22,37-38H,15-18,23-24H2,1-6H3. The molecule has 240 valence electrons. The molecular weight excluding hydrogens is 588 g/mol. The van der Waals surface area contributed by atoms with E-state index in [2.05, 4.69) is 47.0 Å². The number of rotatable bonds is 18. The van der Waals surface area contributed by atoms with E-state index in [0.29, 0.717) is 13.1 Å². The Morgan fingerprint density at radius 1 is 0.444 bits per heavy atom. The van der Waals surface area contributed by atoms with Gasteiger partial charge in [-0.05, 0) is 97.7 Å². The Labute approximate surface area is 271 Å². The van der Waals surface area contributed by atoms with Gasteiger partial charge in [-0.3, -0.25) is 0 Å². The maximum Gasteiger partial charge on any atom is 0.160 e. The van der Waals surface area contributed by atoms with Gasteiger partial charge in [-0.15, -0.1) is 0 Å². The number of methoxy groups -OCH3 is 6. The first-order chi connectivity index (χ1) is 22.0. The fraction of sp³-hybridized carbons (Fsp3) is 0.333. The summed E-state index contributed by atoms with van der Waals surface area (Å²) in [5, 5.41) is 7.12. The van der Waals surface area contributed by atoms with Gasteiger partial charge < -0.3 is 39.1 Å². The molecule has 9 heteroatoms. The molecule has 0 aliphatic carbocycles. The fourth-order valence-electron chi connectivity index (χ4n) is 5.03. The Morgan fingerprint density at radius 2 is 0.822 bits per heavy atom. The molecule has 0 amide bonds. The first kappa shape index (κ1) is 33.8. The van der Waals surface area contributed by atoms with Crippen LogP contribution in [-0.2, 0) is 25.9 Å². The van der Waals surface area contributed by atoms with Gasteiger partial charge in [-0.1, -0.05) is 23.9 Å². The van der Waals surface area contributed by atoms with Crippen LogP contribution in [0, 0.1) is 0 Å². The van der Waals surface area contributed by atoms with Crippen LogP contribution in [0.5, 0.6) is 34.5 Å². The van der Waals surface area contributed by atoms with E-state index >= 15 is 0 Å². The average molecular weight is 633 g/mol. The van der Waals surface area contributed by atoms with Gasteiger partial charge in [-0.2, -0.15) is 0 Å². The number of hydrogen-bond acceptors (Lipinski definition) is 9. The van der Waals surface area contributed by atoms with E-state index in [4.69, 9.17) is 28.4 Å². The Bertz CT molecular complexity index is 1420. The van der Waals surface area contributed by atoms with Crippen molar-refractivity contribution in [2.75, 3.05) is 55.7 Å². The molecular formula is C36H44N2O6S. The van der Waals surface area contributed by atoms with Crippen molar-refractivity contribution < 1.29 is 28.4 Å². The summed E-state index contributed by atoms with van der Waals surface area (Å²) in [5.41, 5.74) is 4.59. The third-order valence-corrected chi connectivity index (χ3v) is 8.43. The number of ether oxygens (including phenoxy) is 6. The Morgan fingerprint density at radius 3 is 1.20 bits per heavy atom. The van der Waals surface area contributed by atoms with E-state index in [1.54, 1.807) is 54.4 Å². The number of hydrogen-bond donors (Lipinski definition) is 2. The van der Waals surface area contributed by atoms with Crippen LogP contribution >= 0.6 is 11.8 Å². The molecule has 4 rings (SSSR count). The van der Waals surface area contributed by atoms with Gasteiger partial charge >= 0.3 is 0 Å². The molecule has 0 aliphatic heterocycles. The second-order valence-electron chi connectivity index (χ2n) is 10.3. The lowest BCUT2D eigenvalue weighted by atomic mass is 10.1. The molecule has 0 heterocycles. The molecule has 0 spiro atoms. The molecule has 0 aromatic heterocycles. The Hall–Kier alpha value is -4.05. The van der Waals surface area contributed by atoms with Crippen LogP contribution in [0.3, 0.4) is 0 Å². The van der Waals surface area contributed by atoms with E-state index in [0.717, 1.165) is 81.3 Å². The second-order valence-corrected chi connectivity index (χ2v) is 11.4. The van der Waals surface area contributed by atoms with E-state index in [1.807, 2.05) is 36.4 Å². The molecule has 0 saturated carbocycles. The fourth-order valence-corrected chi connectivity index (χ4v) is 5.98. The van der Waals surface area contributed by atoms with E-state index in [-0.39, 0.29) is 0 Å². The summed E-state index contributed by atoms with van der Waals surface area (Å²) in [5.74, 6) is 4.69. The molecule has 0 atom stereocenters. The predicted molar refractivity (Wildman–Crippen MR) is 180 cm³/mol. The summed E-state index contributed by atoms with van der Waals surface area (Å²) >= 11 is 1.72. The minimum Gasteiger partial charge on any atom is -0.496 e. The third kappa shape index (κ3) is 9.47. The highest BCUT2D eigenvalue weighted by Crippen LogP contribution is 2.34. The molecule has 0 bridgehead atoms. The summed E-state index contributed by atoms with van der Waals surface area (Å²) in [4.78, 5) is 2.29. The van der Waals surface area contributed by atoms with Crippen LogP contribution in [0.2, 0.25) is 0 Å². The molecule has 4 aromatic rings. The van der Waals surface area contributed by atoms with Gasteiger partial charge in [0.15, 0.2) is 23.0 Å². The lowest BCUT2D eigenvalue weighted by molar-refractivity contribution is 0.354. The van der Waals surface area contributed by atoms with Crippen LogP contribution in [0.15, 0.2) is 82.6 Å². The number of benzene rings is 4. The molecule has 0 fully saturated rings. The smallest absolute Gasteiger partial charge is 0.160 e. The SMILES string of the molecule is COc1ccc(Sc2ccc(OC)c(CNCCc3ccc(OC)c(OC)c3)c2)cc1CNCCc1ccc(OC)c(OC)c1. The van der Waals surface area contributed by atoms with Crippen LogP contribution in [0.4, 0.5) is 0 Å². The van der Waals surface area contributed by atoms with Crippen LogP contribution in [0.1, 0.15) is 22.3 Å². The molecule has 0 aliphatic rings. The van der Waals surface area contributed by atoms with Crippen molar-refractivity contribution in [2.45, 2.75) is 35.7 Å². The third-order valence-electron chi connectivity index (χ3n) is 7.45. The summed E-state index contributed by atoms with van der Waals surface area (Å²) in [6.07, 6.45) is 1.74. The molecule has 2 N–H and O–H groups in total. The highest BCUT2D eigenvalue weighted by molar-refractivity contribution is 7.99. The molecule has 45 heavy (non-hydrogen) atoms. The van der Waals surface area contributed by atoms with Gasteiger partial charge in [0.2, 0.25) is 0 Å². The molecule has 0 radical (unpaired) electrons. The maximum atomic E-state index is 5.66. The van der Waals surface area contributed by atoms with Crippen molar-refractivity contribution in [1.82, 2.24) is 10.6 Å². The van der Waals surface area contributed by atoms with Crippen LogP contribution in [-0.4, -0.2) is 55.7 Å². The van der Waals surface area contributed by atoms with E-state index < -0.39 is 0 Å². The molecule has 4 aromatic carbocycles. The highest BCUT2D eigenvalue weighted by Gasteiger charge is 2.10. The largest absolute Gasteiger partial charge is 0.496 e. The summed E-state index contributed by atoms with van der Waals surface area (Å²) in [6, 6.07) is 24.7. The summed E-state index contributed by atoms with van der Waals surface area (Å²) in [6.45, 7) is 3.03. The minimum atomic E-state index is 0.697. The summed E-state index contributed by atoms with van der Waals surface area (Å²) < 4.78 is 32.9. The van der Waals surface area contributed by atoms with Crippen LogP contribution < -0.4 is 39.1 Å². The minimum absolute atomic E-state index is 0.697. The zero-order valence-electron chi connectivity index (χ0n) is 27.0. The van der Waals surface area contributed by atoms with Gasteiger partial charge in [0.25, 0.3) is 0 Å². The quantitative estimate of drug-likeness (QED) is 0.119. The molecule has 0 unspecified atom stereocenters. The van der Waals surface area contributed by atoms with Gasteiger partial charge in [0, 0.05) is 34.0 Å². The van der Waals surface area contributed by atoms with Gasteiger partial charge in [0.1, 0.15) is 11.5 Å². The highest BCUT2D eigenvalue weighted by atomic mass is 32.2. The first-order valence-electron chi connectivity index (χ1n) is 14.9. The van der Waals surface area contributed by atoms with Crippen molar-refractivity contribution in [2.24, 2.45) is 0 Å². The van der Waals surface area contributed by atoms with E-state index in [1.165, 1.54) is 11.1 Å². The van der Waals surface area contributed by atoms with E-state index in [9.17, 15) is 0 Å². The van der Waals surface area contributed by atoms with Gasteiger partial charge in [-0.25, -0.2) is 0 Å². The maximum absolute atomic E-state index is 5.66. The lowest BCUT2D eigenvalue weighted by Gasteiger charge is -2.14. The number of nitrogens with one attached hydrogen (secondary N) is 2. The summed E-state index contributed by atoms with van der Waals surface area (Å²) in [7, 11) is 10.0. The van der Waals surface area contributed by atoms with Crippen molar-refractivity contribution >= 4 is 11.8 Å². The second kappa shape index (κ2) is 17.4. The van der Waals surface area contributed by atoms with Crippen molar-refractivity contribution in [3.8, 4) is 34.5 Å². The molecule has 0 saturated heterocycles. The zero-order chi connectivity index (χ0) is 32.0. The Balaban J connectivity index is 1.34. The van der Waals surface area contributed by atoms with Crippen LogP contribution in [0.25, 0.3) is 0 Å². The normalized spacial score (nSPS) is 10.8. The zero-order valence-corrected chi connectivity index (χ0v) is 27.8. The topological polar surface area (TPSA) is 79.4 Å². The molecule has 8 nitrogen and oxygen atoms in total. The lowest BCUT2D eigenvalue weighted by Crippen LogP contribution is -2.17. The predicted octanol–water partition coefficient (Wildman–Crippen LogP) is 6.55. The van der Waals surface area contributed by atoms with Crippen molar-refractivity contribution in [3.05, 3.63) is 95.1 Å². The van der Waals surface area contributed by atoms with Crippen molar-refractivity contribution in [1.29, 1.82) is 0 Å². The monoisotopic (exact) mass is 632 g/mol. The van der Waals surface area contributed by atoms with Gasteiger partial charge in [0.05, 0.1) is 42.7 Å². The average Bonchev–Trinajstić information content (AvgIpc) is 3.08.